The lowest BCUT2D eigenvalue weighted by Gasteiger charge is -2.38. The first kappa shape index (κ1) is 25.4. The van der Waals surface area contributed by atoms with Crippen molar-refractivity contribution in [3.05, 3.63) is 56.7 Å². The van der Waals surface area contributed by atoms with Crippen LogP contribution >= 0.6 is 12.4 Å². The summed E-state index contributed by atoms with van der Waals surface area (Å²) in [6.45, 7) is 3.44. The third-order valence-corrected chi connectivity index (χ3v) is 5.78. The molecule has 3 rings (SSSR count). The molecule has 5 radical (unpaired) electrons. The molecule has 1 aromatic rings. The quantitative estimate of drug-likeness (QED) is 0.704. The highest BCUT2D eigenvalue weighted by Crippen LogP contribution is 2.42. The van der Waals surface area contributed by atoms with E-state index in [1.807, 2.05) is 6.07 Å². The monoisotopic (exact) mass is 378 g/mol. The second-order valence-electron chi connectivity index (χ2n) is 7.40. The maximum atomic E-state index is 11.7. The first-order valence-electron chi connectivity index (χ1n) is 9.64. The summed E-state index contributed by atoms with van der Waals surface area (Å²) in [5.41, 5.74) is 0.385. The standard InChI is InChI=1S/C21H32NO.2CH2.ClH/c23-21(20-13-7-4-8-14-20,15-18-22-16-9-10-17-22)19-11-5-2-1-3-6-12-19;;;/h4,7-8,13-14,23H,1-3,5-6,9-12,15-18H2;2*1H2;1H. The summed E-state index contributed by atoms with van der Waals surface area (Å²) in [4.78, 5) is 2.53. The second kappa shape index (κ2) is 12.8. The van der Waals surface area contributed by atoms with Crippen molar-refractivity contribution < 1.29 is 5.11 Å². The summed E-state index contributed by atoms with van der Waals surface area (Å²) in [6, 6.07) is 10.4. The molecule has 1 N–H and O–H groups in total. The van der Waals surface area contributed by atoms with Crippen LogP contribution in [0, 0.1) is 20.8 Å². The Balaban J connectivity index is 0.00000208. The van der Waals surface area contributed by atoms with Gasteiger partial charge in [-0.3, -0.25) is 0 Å². The number of hydrogen-bond acceptors (Lipinski definition) is 2. The van der Waals surface area contributed by atoms with Crippen LogP contribution < -0.4 is 0 Å². The van der Waals surface area contributed by atoms with Crippen molar-refractivity contribution in [1.82, 2.24) is 4.90 Å². The minimum Gasteiger partial charge on any atom is -0.385 e. The molecule has 0 spiro atoms. The van der Waals surface area contributed by atoms with Gasteiger partial charge in [-0.2, -0.15) is 0 Å². The van der Waals surface area contributed by atoms with Crippen molar-refractivity contribution in [3.63, 3.8) is 0 Å². The zero-order valence-corrected chi connectivity index (χ0v) is 17.1. The van der Waals surface area contributed by atoms with Gasteiger partial charge in [-0.05, 0) is 50.8 Å². The van der Waals surface area contributed by atoms with Crippen LogP contribution in [0.1, 0.15) is 69.8 Å². The average molecular weight is 379 g/mol. The molecule has 1 saturated carbocycles. The Hall–Kier alpha value is -0.570. The number of halogens is 1. The molecule has 2 aliphatic rings. The third-order valence-electron chi connectivity index (χ3n) is 5.78. The summed E-state index contributed by atoms with van der Waals surface area (Å²) < 4.78 is 0. The highest BCUT2D eigenvalue weighted by Gasteiger charge is 2.38. The first-order valence-corrected chi connectivity index (χ1v) is 9.64. The van der Waals surface area contributed by atoms with Crippen molar-refractivity contribution in [2.45, 2.75) is 69.8 Å². The lowest BCUT2D eigenvalue weighted by molar-refractivity contribution is 0.0227. The van der Waals surface area contributed by atoms with Gasteiger partial charge in [-0.1, -0.05) is 77.3 Å². The Labute approximate surface area is 168 Å². The number of likely N-dealkylation sites (tertiary alicyclic amines) is 1. The summed E-state index contributed by atoms with van der Waals surface area (Å²) >= 11 is 0. The molecule has 1 aliphatic heterocycles. The van der Waals surface area contributed by atoms with Crippen molar-refractivity contribution in [3.8, 4) is 0 Å². The van der Waals surface area contributed by atoms with E-state index in [1.165, 1.54) is 64.0 Å². The Morgan fingerprint density at radius 2 is 1.35 bits per heavy atom. The Morgan fingerprint density at radius 1 is 0.808 bits per heavy atom. The van der Waals surface area contributed by atoms with E-state index in [1.54, 1.807) is 0 Å². The zero-order chi connectivity index (χ0) is 16.0. The smallest absolute Gasteiger partial charge is 0.0971 e. The van der Waals surface area contributed by atoms with Crippen LogP contribution in [0.15, 0.2) is 30.3 Å². The van der Waals surface area contributed by atoms with Crippen LogP contribution in [0.2, 0.25) is 0 Å². The van der Waals surface area contributed by atoms with Gasteiger partial charge < -0.3 is 10.0 Å². The van der Waals surface area contributed by atoms with Gasteiger partial charge in [-0.15, -0.1) is 12.4 Å². The van der Waals surface area contributed by atoms with Crippen LogP contribution in [0.4, 0.5) is 0 Å². The van der Waals surface area contributed by atoms with Gasteiger partial charge in [0.2, 0.25) is 0 Å². The van der Waals surface area contributed by atoms with Crippen LogP contribution in [-0.4, -0.2) is 29.6 Å². The summed E-state index contributed by atoms with van der Waals surface area (Å²) in [7, 11) is 0. The molecule has 1 heterocycles. The predicted octanol–water partition coefficient (Wildman–Crippen LogP) is 5.76. The maximum absolute atomic E-state index is 11.7. The molecule has 1 unspecified atom stereocenters. The molecule has 1 saturated heterocycles. The topological polar surface area (TPSA) is 23.5 Å². The normalized spacial score (nSPS) is 21.3. The molecule has 26 heavy (non-hydrogen) atoms. The van der Waals surface area contributed by atoms with Crippen molar-refractivity contribution in [2.24, 2.45) is 0 Å². The van der Waals surface area contributed by atoms with Gasteiger partial charge >= 0.3 is 0 Å². The van der Waals surface area contributed by atoms with Crippen LogP contribution in [0.5, 0.6) is 0 Å². The zero-order valence-electron chi connectivity index (χ0n) is 16.3. The van der Waals surface area contributed by atoms with Crippen molar-refractivity contribution >= 4 is 12.4 Å². The fourth-order valence-electron chi connectivity index (χ4n) is 4.31. The fourth-order valence-corrected chi connectivity index (χ4v) is 4.31. The number of rotatable bonds is 5. The molecule has 0 amide bonds. The second-order valence-corrected chi connectivity index (χ2v) is 7.40. The van der Waals surface area contributed by atoms with Gasteiger partial charge in [-0.25, -0.2) is 0 Å². The lowest BCUT2D eigenvalue weighted by atomic mass is 9.73. The van der Waals surface area contributed by atoms with Crippen molar-refractivity contribution in [2.75, 3.05) is 19.6 Å². The number of benzene rings is 1. The van der Waals surface area contributed by atoms with Gasteiger partial charge in [0.25, 0.3) is 0 Å². The van der Waals surface area contributed by atoms with E-state index in [0.29, 0.717) is 0 Å². The van der Waals surface area contributed by atoms with Crippen LogP contribution in [-0.2, 0) is 5.60 Å². The summed E-state index contributed by atoms with van der Waals surface area (Å²) in [5, 5.41) is 11.7. The Kier molecular flexibility index (Phi) is 12.5. The number of hydrogen-bond donors (Lipinski definition) is 1. The van der Waals surface area contributed by atoms with E-state index in [4.69, 9.17) is 0 Å². The molecule has 0 aromatic heterocycles. The van der Waals surface area contributed by atoms with Gasteiger partial charge in [0, 0.05) is 12.5 Å². The van der Waals surface area contributed by atoms with E-state index >= 15 is 0 Å². The van der Waals surface area contributed by atoms with Gasteiger partial charge in [0.05, 0.1) is 5.60 Å². The molecule has 147 valence electrons. The maximum Gasteiger partial charge on any atom is 0.0971 e. The van der Waals surface area contributed by atoms with Gasteiger partial charge in [0.1, 0.15) is 0 Å². The molecule has 1 aromatic carbocycles. The highest BCUT2D eigenvalue weighted by molar-refractivity contribution is 5.85. The molecule has 1 aliphatic carbocycles. The third kappa shape index (κ3) is 6.55. The molecular formula is C23H37ClNO. The molecule has 0 bridgehead atoms. The SMILES string of the molecule is Cl.OC(CCN1CCCC1)([C]1CCCCCCC1)c1ccccc1.[CH2].[CH2]. The number of nitrogens with zero attached hydrogens (tertiary/aromatic N) is 1. The van der Waals surface area contributed by atoms with Crippen molar-refractivity contribution in [1.29, 1.82) is 0 Å². The van der Waals surface area contributed by atoms with E-state index in [2.05, 4.69) is 29.2 Å². The summed E-state index contributed by atoms with van der Waals surface area (Å²) in [5.74, 6) is 1.39. The Morgan fingerprint density at radius 3 is 1.92 bits per heavy atom. The molecule has 1 atom stereocenters. The first-order chi connectivity index (χ1) is 11.3. The minimum atomic E-state index is -0.721. The minimum absolute atomic E-state index is 0. The number of aliphatic hydroxyl groups is 1. The van der Waals surface area contributed by atoms with Crippen LogP contribution in [0.25, 0.3) is 0 Å². The van der Waals surface area contributed by atoms with Crippen LogP contribution in [0.3, 0.4) is 0 Å². The summed E-state index contributed by atoms with van der Waals surface area (Å²) in [6.07, 6.45) is 12.2. The van der Waals surface area contributed by atoms with E-state index in [0.717, 1.165) is 31.4 Å². The lowest BCUT2D eigenvalue weighted by Crippen LogP contribution is -2.38. The van der Waals surface area contributed by atoms with E-state index in [9.17, 15) is 5.11 Å². The Bertz CT molecular complexity index is 453. The van der Waals surface area contributed by atoms with E-state index in [-0.39, 0.29) is 27.3 Å². The highest BCUT2D eigenvalue weighted by atomic mass is 35.5. The van der Waals surface area contributed by atoms with E-state index < -0.39 is 5.60 Å². The molecule has 2 nitrogen and oxygen atoms in total. The molecule has 3 heteroatoms. The molecular weight excluding hydrogens is 342 g/mol. The fraction of sp³-hybridized carbons (Fsp3) is 0.609. The largest absolute Gasteiger partial charge is 0.385 e. The average Bonchev–Trinajstić information content (AvgIpc) is 3.07. The predicted molar refractivity (Wildman–Crippen MR) is 114 cm³/mol. The van der Waals surface area contributed by atoms with Gasteiger partial charge in [0.15, 0.2) is 0 Å². The molecule has 2 fully saturated rings.